The number of carbonyl (C=O) groups excluding carboxylic acids is 2. The van der Waals surface area contributed by atoms with E-state index in [1.165, 1.54) is 0 Å². The summed E-state index contributed by atoms with van der Waals surface area (Å²) in [6.07, 6.45) is 2.42. The predicted molar refractivity (Wildman–Crippen MR) is 77.6 cm³/mol. The van der Waals surface area contributed by atoms with Crippen LogP contribution in [0.5, 0.6) is 0 Å². The second kappa shape index (κ2) is 9.58. The van der Waals surface area contributed by atoms with Crippen LogP contribution < -0.4 is 5.32 Å². The molecule has 2 amide bonds. The van der Waals surface area contributed by atoms with Gasteiger partial charge in [-0.25, -0.2) is 4.79 Å². The topological polar surface area (TPSA) is 61.9 Å². The summed E-state index contributed by atoms with van der Waals surface area (Å²) in [5.41, 5.74) is 0. The van der Waals surface area contributed by atoms with Gasteiger partial charge in [-0.05, 0) is 13.3 Å². The minimum atomic E-state index is -0.232. The molecule has 20 heavy (non-hydrogen) atoms. The first-order valence-electron chi connectivity index (χ1n) is 7.58. The Morgan fingerprint density at radius 3 is 2.45 bits per heavy atom. The molecule has 1 heterocycles. The molecule has 6 nitrogen and oxygen atoms in total. The van der Waals surface area contributed by atoms with Crippen molar-refractivity contribution in [3.8, 4) is 0 Å². The van der Waals surface area contributed by atoms with Crippen LogP contribution >= 0.6 is 0 Å². The van der Waals surface area contributed by atoms with Crippen LogP contribution in [0, 0.1) is 0 Å². The summed E-state index contributed by atoms with van der Waals surface area (Å²) in [6.45, 7) is 8.83. The zero-order valence-corrected chi connectivity index (χ0v) is 12.7. The Morgan fingerprint density at radius 2 is 1.85 bits per heavy atom. The van der Waals surface area contributed by atoms with Crippen LogP contribution in [0.3, 0.4) is 0 Å². The molecule has 1 aliphatic heterocycles. The summed E-state index contributed by atoms with van der Waals surface area (Å²) in [5.74, 6) is 0.117. The fourth-order valence-electron chi connectivity index (χ4n) is 2.12. The highest BCUT2D eigenvalue weighted by Gasteiger charge is 2.21. The Hall–Kier alpha value is -1.30. The number of nitrogens with zero attached hydrogens (tertiary/aromatic N) is 2. The van der Waals surface area contributed by atoms with Crippen LogP contribution in [0.2, 0.25) is 0 Å². The second-order valence-corrected chi connectivity index (χ2v) is 4.98. The molecule has 1 fully saturated rings. The lowest BCUT2D eigenvalue weighted by Gasteiger charge is -2.33. The molecule has 116 valence electrons. The van der Waals surface area contributed by atoms with E-state index < -0.39 is 0 Å². The highest BCUT2D eigenvalue weighted by molar-refractivity contribution is 5.76. The Morgan fingerprint density at radius 1 is 1.15 bits per heavy atom. The maximum absolute atomic E-state index is 11.6. The normalized spacial score (nSPS) is 16.0. The smallest absolute Gasteiger partial charge is 0.409 e. The average Bonchev–Trinajstić information content (AvgIpc) is 2.46. The first-order chi connectivity index (χ1) is 9.67. The summed E-state index contributed by atoms with van der Waals surface area (Å²) in [4.78, 5) is 27.1. The molecule has 1 rings (SSSR count). The van der Waals surface area contributed by atoms with Gasteiger partial charge in [0.05, 0.1) is 6.61 Å². The van der Waals surface area contributed by atoms with E-state index in [-0.39, 0.29) is 12.0 Å². The molecule has 6 heteroatoms. The van der Waals surface area contributed by atoms with Gasteiger partial charge < -0.3 is 15.0 Å². The number of nitrogens with one attached hydrogen (secondary N) is 1. The standard InChI is InChI=1S/C14H27N3O3/c1-3-5-7-15-13(18)6-8-16-9-11-17(12-10-16)14(19)20-4-2/h3-12H2,1-2H3,(H,15,18). The van der Waals surface area contributed by atoms with Gasteiger partial charge in [0.25, 0.3) is 0 Å². The van der Waals surface area contributed by atoms with E-state index in [1.807, 2.05) is 6.92 Å². The van der Waals surface area contributed by atoms with Crippen molar-refractivity contribution in [2.24, 2.45) is 0 Å². The Labute approximate surface area is 121 Å². The molecule has 1 saturated heterocycles. The monoisotopic (exact) mass is 285 g/mol. The van der Waals surface area contributed by atoms with Gasteiger partial charge in [0.1, 0.15) is 0 Å². The Bertz CT molecular complexity index is 302. The molecule has 0 unspecified atom stereocenters. The van der Waals surface area contributed by atoms with E-state index in [9.17, 15) is 9.59 Å². The van der Waals surface area contributed by atoms with Crippen LogP contribution in [-0.2, 0) is 9.53 Å². The highest BCUT2D eigenvalue weighted by atomic mass is 16.6. The third-order valence-electron chi connectivity index (χ3n) is 3.41. The van der Waals surface area contributed by atoms with Crippen LogP contribution in [-0.4, -0.2) is 67.7 Å². The van der Waals surface area contributed by atoms with Crippen LogP contribution in [0.15, 0.2) is 0 Å². The molecule has 1 N–H and O–H groups in total. The molecule has 0 radical (unpaired) electrons. The van der Waals surface area contributed by atoms with Crippen molar-refractivity contribution in [1.29, 1.82) is 0 Å². The zero-order chi connectivity index (χ0) is 14.8. The fraction of sp³-hybridized carbons (Fsp3) is 0.857. The SMILES string of the molecule is CCCCNC(=O)CCN1CCN(C(=O)OCC)CC1. The zero-order valence-electron chi connectivity index (χ0n) is 12.7. The van der Waals surface area contributed by atoms with E-state index in [1.54, 1.807) is 4.90 Å². The molecular formula is C14H27N3O3. The quantitative estimate of drug-likeness (QED) is 0.711. The summed E-state index contributed by atoms with van der Waals surface area (Å²) >= 11 is 0. The van der Waals surface area contributed by atoms with Gasteiger partial charge in [-0.1, -0.05) is 13.3 Å². The predicted octanol–water partition coefficient (Wildman–Crippen LogP) is 1.07. The summed E-state index contributed by atoms with van der Waals surface area (Å²) in [6, 6.07) is 0. The third kappa shape index (κ3) is 6.23. The Balaban J connectivity index is 2.13. The minimum absolute atomic E-state index is 0.117. The fourth-order valence-corrected chi connectivity index (χ4v) is 2.12. The summed E-state index contributed by atoms with van der Waals surface area (Å²) < 4.78 is 4.97. The molecular weight excluding hydrogens is 258 g/mol. The maximum Gasteiger partial charge on any atom is 0.409 e. The number of hydrogen-bond acceptors (Lipinski definition) is 4. The van der Waals surface area contributed by atoms with Crippen molar-refractivity contribution in [2.45, 2.75) is 33.1 Å². The first-order valence-corrected chi connectivity index (χ1v) is 7.58. The molecule has 0 aromatic carbocycles. The lowest BCUT2D eigenvalue weighted by atomic mass is 10.3. The van der Waals surface area contributed by atoms with Crippen LogP contribution in [0.1, 0.15) is 33.1 Å². The molecule has 0 aromatic rings. The van der Waals surface area contributed by atoms with Crippen LogP contribution in [0.25, 0.3) is 0 Å². The molecule has 0 aromatic heterocycles. The van der Waals surface area contributed by atoms with Gasteiger partial charge in [-0.15, -0.1) is 0 Å². The number of hydrogen-bond donors (Lipinski definition) is 1. The molecule has 0 atom stereocenters. The van der Waals surface area contributed by atoms with Crippen molar-refractivity contribution in [3.05, 3.63) is 0 Å². The molecule has 0 aliphatic carbocycles. The van der Waals surface area contributed by atoms with Crippen molar-refractivity contribution < 1.29 is 14.3 Å². The highest BCUT2D eigenvalue weighted by Crippen LogP contribution is 2.04. The number of ether oxygens (including phenoxy) is 1. The van der Waals surface area contributed by atoms with Crippen molar-refractivity contribution in [2.75, 3.05) is 45.9 Å². The van der Waals surface area contributed by atoms with Crippen molar-refractivity contribution in [3.63, 3.8) is 0 Å². The summed E-state index contributed by atoms with van der Waals surface area (Å²) in [5, 5.41) is 2.92. The molecule has 0 spiro atoms. The summed E-state index contributed by atoms with van der Waals surface area (Å²) in [7, 11) is 0. The minimum Gasteiger partial charge on any atom is -0.450 e. The third-order valence-corrected chi connectivity index (χ3v) is 3.41. The number of rotatable bonds is 7. The lowest BCUT2D eigenvalue weighted by Crippen LogP contribution is -2.49. The average molecular weight is 285 g/mol. The van der Waals surface area contributed by atoms with Gasteiger partial charge in [-0.2, -0.15) is 0 Å². The number of unbranched alkanes of at least 4 members (excludes halogenated alkanes) is 1. The van der Waals surface area contributed by atoms with Gasteiger partial charge in [-0.3, -0.25) is 9.69 Å². The molecule has 0 saturated carbocycles. The largest absolute Gasteiger partial charge is 0.450 e. The number of carbonyl (C=O) groups is 2. The van der Waals surface area contributed by atoms with Crippen molar-refractivity contribution >= 4 is 12.0 Å². The van der Waals surface area contributed by atoms with Crippen LogP contribution in [0.4, 0.5) is 4.79 Å². The second-order valence-electron chi connectivity index (χ2n) is 4.98. The molecule has 1 aliphatic rings. The van der Waals surface area contributed by atoms with Gasteiger partial charge in [0.2, 0.25) is 5.91 Å². The van der Waals surface area contributed by atoms with Gasteiger partial charge >= 0.3 is 6.09 Å². The lowest BCUT2D eigenvalue weighted by molar-refractivity contribution is -0.121. The van der Waals surface area contributed by atoms with E-state index in [2.05, 4.69) is 17.1 Å². The van der Waals surface area contributed by atoms with E-state index in [0.717, 1.165) is 39.0 Å². The van der Waals surface area contributed by atoms with E-state index in [4.69, 9.17) is 4.74 Å². The van der Waals surface area contributed by atoms with E-state index >= 15 is 0 Å². The van der Waals surface area contributed by atoms with Crippen molar-refractivity contribution in [1.82, 2.24) is 15.1 Å². The number of piperazine rings is 1. The number of amides is 2. The molecule has 0 bridgehead atoms. The maximum atomic E-state index is 11.6. The van der Waals surface area contributed by atoms with E-state index in [0.29, 0.717) is 26.1 Å². The Kier molecular flexibility index (Phi) is 8.02. The van der Waals surface area contributed by atoms with Gasteiger partial charge in [0, 0.05) is 45.7 Å². The first kappa shape index (κ1) is 16.8. The van der Waals surface area contributed by atoms with Gasteiger partial charge in [0.15, 0.2) is 0 Å².